The molecule has 0 saturated heterocycles. The molecule has 0 aromatic heterocycles. The number of ketones is 1. The number of fused-ring (bicyclic) bond motifs is 1. The van der Waals surface area contributed by atoms with E-state index in [4.69, 9.17) is 9.47 Å². The van der Waals surface area contributed by atoms with Crippen LogP contribution in [-0.4, -0.2) is 5.78 Å². The third-order valence-electron chi connectivity index (χ3n) is 4.84. The maximum absolute atomic E-state index is 13.1. The summed E-state index contributed by atoms with van der Waals surface area (Å²) in [6, 6.07) is 25.3. The highest BCUT2D eigenvalue weighted by Crippen LogP contribution is 2.37. The second-order valence-corrected chi connectivity index (χ2v) is 6.61. The number of ether oxygens (including phenoxy) is 2. The SMILES string of the molecule is CC1(c2ccccc2)OCc2cc(OCc3ccccc3)ccc2C1=O. The first-order valence-corrected chi connectivity index (χ1v) is 8.71. The fraction of sp³-hybridized carbons (Fsp3) is 0.174. The van der Waals surface area contributed by atoms with Crippen LogP contribution in [0.15, 0.2) is 78.9 Å². The summed E-state index contributed by atoms with van der Waals surface area (Å²) in [5, 5.41) is 0. The average Bonchev–Trinajstić information content (AvgIpc) is 2.71. The summed E-state index contributed by atoms with van der Waals surface area (Å²) in [7, 11) is 0. The minimum Gasteiger partial charge on any atom is -0.489 e. The molecular weight excluding hydrogens is 324 g/mol. The number of hydrogen-bond donors (Lipinski definition) is 0. The molecule has 0 amide bonds. The molecule has 0 spiro atoms. The van der Waals surface area contributed by atoms with Gasteiger partial charge in [0.05, 0.1) is 6.61 Å². The smallest absolute Gasteiger partial charge is 0.199 e. The summed E-state index contributed by atoms with van der Waals surface area (Å²) in [5.41, 5.74) is 2.61. The standard InChI is InChI=1S/C23H20O3/c1-23(19-10-6-3-7-11-19)22(24)21-13-12-20(14-18(21)16-26-23)25-15-17-8-4-2-5-9-17/h2-14H,15-16H2,1H3. The number of hydrogen-bond acceptors (Lipinski definition) is 3. The molecule has 26 heavy (non-hydrogen) atoms. The maximum Gasteiger partial charge on any atom is 0.199 e. The van der Waals surface area contributed by atoms with Crippen molar-refractivity contribution in [3.8, 4) is 5.75 Å². The van der Waals surface area contributed by atoms with E-state index >= 15 is 0 Å². The van der Waals surface area contributed by atoms with Crippen molar-refractivity contribution in [2.75, 3.05) is 0 Å². The van der Waals surface area contributed by atoms with Crippen molar-refractivity contribution < 1.29 is 14.3 Å². The average molecular weight is 344 g/mol. The van der Waals surface area contributed by atoms with Crippen molar-refractivity contribution in [3.05, 3.63) is 101 Å². The van der Waals surface area contributed by atoms with Crippen LogP contribution < -0.4 is 4.74 Å². The van der Waals surface area contributed by atoms with Crippen molar-refractivity contribution in [1.82, 2.24) is 0 Å². The van der Waals surface area contributed by atoms with Crippen LogP contribution in [0.3, 0.4) is 0 Å². The minimum atomic E-state index is -0.944. The molecule has 3 aromatic carbocycles. The van der Waals surface area contributed by atoms with Crippen LogP contribution in [0.5, 0.6) is 5.75 Å². The van der Waals surface area contributed by atoms with Gasteiger partial charge in [-0.1, -0.05) is 60.7 Å². The molecule has 1 heterocycles. The second-order valence-electron chi connectivity index (χ2n) is 6.61. The van der Waals surface area contributed by atoms with Gasteiger partial charge in [0, 0.05) is 5.56 Å². The molecular formula is C23H20O3. The van der Waals surface area contributed by atoms with E-state index in [1.807, 2.05) is 85.8 Å². The molecule has 0 bridgehead atoms. The Hall–Kier alpha value is -2.91. The van der Waals surface area contributed by atoms with Gasteiger partial charge in [0.15, 0.2) is 11.4 Å². The van der Waals surface area contributed by atoms with Gasteiger partial charge in [-0.3, -0.25) is 4.79 Å². The van der Waals surface area contributed by atoms with Crippen LogP contribution in [0.2, 0.25) is 0 Å². The predicted molar refractivity (Wildman–Crippen MR) is 100 cm³/mol. The number of carbonyl (C=O) groups excluding carboxylic acids is 1. The molecule has 0 aliphatic carbocycles. The summed E-state index contributed by atoms with van der Waals surface area (Å²) in [6.45, 7) is 2.72. The molecule has 3 aromatic rings. The fourth-order valence-electron chi connectivity index (χ4n) is 3.26. The Morgan fingerprint density at radius 1 is 0.962 bits per heavy atom. The van der Waals surface area contributed by atoms with Crippen molar-refractivity contribution in [1.29, 1.82) is 0 Å². The first kappa shape index (κ1) is 16.6. The molecule has 1 aliphatic rings. The van der Waals surface area contributed by atoms with Crippen molar-refractivity contribution in [3.63, 3.8) is 0 Å². The third-order valence-corrected chi connectivity index (χ3v) is 4.84. The van der Waals surface area contributed by atoms with Gasteiger partial charge in [-0.25, -0.2) is 0 Å². The lowest BCUT2D eigenvalue weighted by atomic mass is 9.83. The molecule has 1 unspecified atom stereocenters. The first-order chi connectivity index (χ1) is 12.7. The minimum absolute atomic E-state index is 0.0143. The van der Waals surface area contributed by atoms with E-state index in [-0.39, 0.29) is 5.78 Å². The predicted octanol–water partition coefficient (Wildman–Crippen LogP) is 4.89. The molecule has 1 atom stereocenters. The van der Waals surface area contributed by atoms with Gasteiger partial charge in [0.1, 0.15) is 12.4 Å². The van der Waals surface area contributed by atoms with Crippen LogP contribution >= 0.6 is 0 Å². The first-order valence-electron chi connectivity index (χ1n) is 8.71. The van der Waals surface area contributed by atoms with Gasteiger partial charge >= 0.3 is 0 Å². The van der Waals surface area contributed by atoms with Crippen molar-refractivity contribution in [2.24, 2.45) is 0 Å². The molecule has 3 nitrogen and oxygen atoms in total. The van der Waals surface area contributed by atoms with E-state index in [0.29, 0.717) is 18.8 Å². The normalized spacial score (nSPS) is 19.0. The topological polar surface area (TPSA) is 35.5 Å². The van der Waals surface area contributed by atoms with Crippen LogP contribution in [-0.2, 0) is 23.6 Å². The lowest BCUT2D eigenvalue weighted by molar-refractivity contribution is -0.0354. The monoisotopic (exact) mass is 344 g/mol. The zero-order chi connectivity index (χ0) is 18.0. The summed E-state index contributed by atoms with van der Waals surface area (Å²) in [6.07, 6.45) is 0. The Morgan fingerprint density at radius 3 is 2.38 bits per heavy atom. The van der Waals surface area contributed by atoms with Crippen LogP contribution in [0.25, 0.3) is 0 Å². The quantitative estimate of drug-likeness (QED) is 0.676. The third kappa shape index (κ3) is 3.02. The Balaban J connectivity index is 1.56. The number of Topliss-reactive ketones (excluding diaryl/α,β-unsaturated/α-hetero) is 1. The Bertz CT molecular complexity index is 919. The van der Waals surface area contributed by atoms with E-state index < -0.39 is 5.60 Å². The highest BCUT2D eigenvalue weighted by molar-refractivity contribution is 6.04. The molecule has 0 fully saturated rings. The van der Waals surface area contributed by atoms with Gasteiger partial charge in [-0.2, -0.15) is 0 Å². The lowest BCUT2D eigenvalue weighted by Gasteiger charge is -2.34. The molecule has 130 valence electrons. The van der Waals surface area contributed by atoms with Gasteiger partial charge < -0.3 is 9.47 Å². The van der Waals surface area contributed by atoms with Gasteiger partial charge in [0.2, 0.25) is 0 Å². The van der Waals surface area contributed by atoms with Gasteiger partial charge in [0.25, 0.3) is 0 Å². The number of carbonyl (C=O) groups is 1. The molecule has 0 N–H and O–H groups in total. The highest BCUT2D eigenvalue weighted by Gasteiger charge is 2.41. The zero-order valence-electron chi connectivity index (χ0n) is 14.6. The summed E-state index contributed by atoms with van der Waals surface area (Å²) >= 11 is 0. The van der Waals surface area contributed by atoms with E-state index in [9.17, 15) is 4.79 Å². The van der Waals surface area contributed by atoms with Crippen molar-refractivity contribution in [2.45, 2.75) is 25.7 Å². The molecule has 3 heteroatoms. The van der Waals surface area contributed by atoms with Gasteiger partial charge in [-0.15, -0.1) is 0 Å². The van der Waals surface area contributed by atoms with Crippen molar-refractivity contribution >= 4 is 5.78 Å². The van der Waals surface area contributed by atoms with E-state index in [1.54, 1.807) is 0 Å². The Kier molecular flexibility index (Phi) is 4.31. The maximum atomic E-state index is 13.1. The zero-order valence-corrected chi connectivity index (χ0v) is 14.6. The van der Waals surface area contributed by atoms with Crippen LogP contribution in [0, 0.1) is 0 Å². The van der Waals surface area contributed by atoms with E-state index in [1.165, 1.54) is 0 Å². The van der Waals surface area contributed by atoms with Crippen LogP contribution in [0.4, 0.5) is 0 Å². The van der Waals surface area contributed by atoms with Gasteiger partial charge in [-0.05, 0) is 41.8 Å². The summed E-state index contributed by atoms with van der Waals surface area (Å²) in [4.78, 5) is 13.1. The molecule has 0 radical (unpaired) electrons. The lowest BCUT2D eigenvalue weighted by Crippen LogP contribution is -2.39. The second kappa shape index (κ2) is 6.77. The largest absolute Gasteiger partial charge is 0.489 e. The molecule has 0 saturated carbocycles. The Labute approximate surface area is 153 Å². The van der Waals surface area contributed by atoms with Crippen LogP contribution in [0.1, 0.15) is 34.0 Å². The Morgan fingerprint density at radius 2 is 1.65 bits per heavy atom. The molecule has 4 rings (SSSR count). The fourth-order valence-corrected chi connectivity index (χ4v) is 3.26. The van der Waals surface area contributed by atoms with E-state index in [2.05, 4.69) is 0 Å². The summed E-state index contributed by atoms with van der Waals surface area (Å²) in [5.74, 6) is 0.729. The summed E-state index contributed by atoms with van der Waals surface area (Å²) < 4.78 is 11.9. The van der Waals surface area contributed by atoms with E-state index in [0.717, 1.165) is 22.4 Å². The number of rotatable bonds is 4. The molecule has 1 aliphatic heterocycles. The highest BCUT2D eigenvalue weighted by atomic mass is 16.5. The number of benzene rings is 3.